The Balaban J connectivity index is 3.48. The van der Waals surface area contributed by atoms with Crippen LogP contribution in [0.15, 0.2) is 18.2 Å². The summed E-state index contributed by atoms with van der Waals surface area (Å²) in [6, 6.07) is 3.41. The van der Waals surface area contributed by atoms with Gasteiger partial charge in [0.1, 0.15) is 17.1 Å². The smallest absolute Gasteiger partial charge is 0.407 e. The highest BCUT2D eigenvalue weighted by Crippen LogP contribution is 2.44. The van der Waals surface area contributed by atoms with Crippen LogP contribution in [0.25, 0.3) is 0 Å². The molecule has 1 aromatic carbocycles. The van der Waals surface area contributed by atoms with Crippen LogP contribution in [-0.4, -0.2) is 32.4 Å². The third-order valence-electron chi connectivity index (χ3n) is 2.59. The van der Waals surface area contributed by atoms with Gasteiger partial charge in [-0.1, -0.05) is 6.07 Å². The Hall–Kier alpha value is -1.93. The van der Waals surface area contributed by atoms with Crippen molar-refractivity contribution in [3.8, 4) is 11.5 Å². The Labute approximate surface area is 115 Å². The lowest BCUT2D eigenvalue weighted by atomic mass is 9.95. The second kappa shape index (κ2) is 5.82. The van der Waals surface area contributed by atoms with Crippen LogP contribution in [0.2, 0.25) is 0 Å². The van der Waals surface area contributed by atoms with Gasteiger partial charge in [0, 0.05) is 0 Å². The second-order valence-corrected chi connectivity index (χ2v) is 3.92. The largest absolute Gasteiger partial charge is 0.496 e. The zero-order valence-corrected chi connectivity index (χ0v) is 10.8. The van der Waals surface area contributed by atoms with Gasteiger partial charge in [0.15, 0.2) is 5.78 Å². The summed E-state index contributed by atoms with van der Waals surface area (Å²) in [7, 11) is 2.03. The van der Waals surface area contributed by atoms with E-state index < -0.39 is 41.1 Å². The molecular weight excluding hydrogens is 306 g/mol. The van der Waals surface area contributed by atoms with Gasteiger partial charge in [-0.05, 0) is 12.1 Å². The molecule has 0 radical (unpaired) electrons. The number of hydrogen-bond donors (Lipinski definition) is 0. The molecule has 0 fully saturated rings. The molecule has 9 heteroatoms. The maximum atomic E-state index is 12.6. The molecule has 21 heavy (non-hydrogen) atoms. The fourth-order valence-corrected chi connectivity index (χ4v) is 1.72. The molecule has 0 aliphatic heterocycles. The van der Waals surface area contributed by atoms with Crippen molar-refractivity contribution in [3.63, 3.8) is 0 Å². The maximum Gasteiger partial charge on any atom is 0.407 e. The molecule has 1 rings (SSSR count). The van der Waals surface area contributed by atoms with Gasteiger partial charge in [-0.3, -0.25) is 4.79 Å². The van der Waals surface area contributed by atoms with E-state index in [1.54, 1.807) is 0 Å². The first-order valence-corrected chi connectivity index (χ1v) is 5.42. The summed E-state index contributed by atoms with van der Waals surface area (Å²) in [4.78, 5) is 11.8. The first-order valence-electron chi connectivity index (χ1n) is 5.42. The summed E-state index contributed by atoms with van der Waals surface area (Å²) in [5.41, 5.74) is -0.901. The molecular formula is C12H10F6O3. The Bertz CT molecular complexity index is 484. The highest BCUT2D eigenvalue weighted by atomic mass is 19.4. The number of ketones is 1. The molecule has 0 amide bonds. The van der Waals surface area contributed by atoms with Gasteiger partial charge in [-0.15, -0.1) is 0 Å². The topological polar surface area (TPSA) is 35.5 Å². The SMILES string of the molecule is COc1cccc(OC)c1C(=O)C(C(F)(F)F)C(F)(F)F. The Kier molecular flexibility index (Phi) is 4.75. The molecule has 0 N–H and O–H groups in total. The Morgan fingerprint density at radius 1 is 0.952 bits per heavy atom. The predicted octanol–water partition coefficient (Wildman–Crippen LogP) is 3.63. The zero-order chi connectivity index (χ0) is 16.4. The van der Waals surface area contributed by atoms with Crippen molar-refractivity contribution >= 4 is 5.78 Å². The van der Waals surface area contributed by atoms with Crippen LogP contribution >= 0.6 is 0 Å². The van der Waals surface area contributed by atoms with Crippen LogP contribution in [-0.2, 0) is 0 Å². The van der Waals surface area contributed by atoms with Crippen molar-refractivity contribution in [1.29, 1.82) is 0 Å². The molecule has 0 saturated heterocycles. The van der Waals surface area contributed by atoms with Crippen molar-refractivity contribution < 1.29 is 40.6 Å². The normalized spacial score (nSPS) is 12.4. The van der Waals surface area contributed by atoms with E-state index in [4.69, 9.17) is 0 Å². The second-order valence-electron chi connectivity index (χ2n) is 3.92. The molecule has 0 aliphatic carbocycles. The highest BCUT2D eigenvalue weighted by molar-refractivity contribution is 6.03. The minimum Gasteiger partial charge on any atom is -0.496 e. The number of methoxy groups -OCH3 is 2. The van der Waals surface area contributed by atoms with Crippen molar-refractivity contribution in [2.24, 2.45) is 5.92 Å². The lowest BCUT2D eigenvalue weighted by molar-refractivity contribution is -0.264. The number of hydrogen-bond acceptors (Lipinski definition) is 3. The molecule has 0 aromatic heterocycles. The number of carbonyl (C=O) groups is 1. The summed E-state index contributed by atoms with van der Waals surface area (Å²) < 4.78 is 84.9. The molecule has 0 spiro atoms. The molecule has 0 aliphatic rings. The van der Waals surface area contributed by atoms with Crippen LogP contribution in [0.3, 0.4) is 0 Å². The lowest BCUT2D eigenvalue weighted by Crippen LogP contribution is -2.42. The first kappa shape index (κ1) is 17.1. The summed E-state index contributed by atoms with van der Waals surface area (Å²) >= 11 is 0. The van der Waals surface area contributed by atoms with Gasteiger partial charge in [-0.2, -0.15) is 26.3 Å². The van der Waals surface area contributed by atoms with E-state index in [0.29, 0.717) is 0 Å². The number of carbonyl (C=O) groups excluding carboxylic acids is 1. The number of ether oxygens (including phenoxy) is 2. The van der Waals surface area contributed by atoms with Crippen LogP contribution in [0.5, 0.6) is 11.5 Å². The van der Waals surface area contributed by atoms with E-state index in [-0.39, 0.29) is 0 Å². The van der Waals surface area contributed by atoms with Crippen molar-refractivity contribution in [2.45, 2.75) is 12.4 Å². The monoisotopic (exact) mass is 316 g/mol. The quantitative estimate of drug-likeness (QED) is 0.628. The van der Waals surface area contributed by atoms with Gasteiger partial charge in [0.05, 0.1) is 14.2 Å². The molecule has 0 saturated carbocycles. The van der Waals surface area contributed by atoms with Crippen molar-refractivity contribution in [3.05, 3.63) is 23.8 Å². The van der Waals surface area contributed by atoms with E-state index in [1.807, 2.05) is 0 Å². The van der Waals surface area contributed by atoms with Gasteiger partial charge < -0.3 is 9.47 Å². The van der Waals surface area contributed by atoms with Gasteiger partial charge in [0.25, 0.3) is 0 Å². The lowest BCUT2D eigenvalue weighted by Gasteiger charge is -2.23. The molecule has 3 nitrogen and oxygen atoms in total. The minimum atomic E-state index is -5.78. The molecule has 0 heterocycles. The van der Waals surface area contributed by atoms with E-state index in [1.165, 1.54) is 6.07 Å². The zero-order valence-electron chi connectivity index (χ0n) is 10.8. The number of Topliss-reactive ketones (excluding diaryl/α,β-unsaturated/α-hetero) is 1. The van der Waals surface area contributed by atoms with E-state index in [9.17, 15) is 31.1 Å². The van der Waals surface area contributed by atoms with Crippen LogP contribution in [0.1, 0.15) is 10.4 Å². The number of alkyl halides is 6. The Morgan fingerprint density at radius 3 is 1.62 bits per heavy atom. The van der Waals surface area contributed by atoms with Crippen LogP contribution in [0, 0.1) is 5.92 Å². The summed E-state index contributed by atoms with van der Waals surface area (Å²) in [5, 5.41) is 0. The third-order valence-corrected chi connectivity index (χ3v) is 2.59. The van der Waals surface area contributed by atoms with Gasteiger partial charge in [-0.25, -0.2) is 0 Å². The summed E-state index contributed by atoms with van der Waals surface area (Å²) in [5.74, 6) is -7.19. The third kappa shape index (κ3) is 3.59. The van der Waals surface area contributed by atoms with E-state index >= 15 is 0 Å². The number of rotatable bonds is 4. The highest BCUT2D eigenvalue weighted by Gasteiger charge is 2.61. The van der Waals surface area contributed by atoms with E-state index in [0.717, 1.165) is 26.4 Å². The fourth-order valence-electron chi connectivity index (χ4n) is 1.72. The van der Waals surface area contributed by atoms with Gasteiger partial charge in [0.2, 0.25) is 5.92 Å². The van der Waals surface area contributed by atoms with E-state index in [2.05, 4.69) is 9.47 Å². The molecule has 1 aromatic rings. The van der Waals surface area contributed by atoms with Crippen LogP contribution < -0.4 is 9.47 Å². The minimum absolute atomic E-state index is 0.433. The predicted molar refractivity (Wildman–Crippen MR) is 59.5 cm³/mol. The number of halogens is 6. The van der Waals surface area contributed by atoms with Gasteiger partial charge >= 0.3 is 12.4 Å². The molecule has 0 unspecified atom stereocenters. The summed E-state index contributed by atoms with van der Waals surface area (Å²) in [6.07, 6.45) is -11.6. The Morgan fingerprint density at radius 2 is 1.33 bits per heavy atom. The first-order chi connectivity index (χ1) is 9.54. The summed E-state index contributed by atoms with van der Waals surface area (Å²) in [6.45, 7) is 0. The average molecular weight is 316 g/mol. The van der Waals surface area contributed by atoms with Crippen molar-refractivity contribution in [2.75, 3.05) is 14.2 Å². The molecule has 118 valence electrons. The standard InChI is InChI=1S/C12H10F6O3/c1-20-6-4-3-5-7(21-2)8(6)9(19)10(11(13,14)15)12(16,17)18/h3-5,10H,1-2H3. The molecule has 0 atom stereocenters. The van der Waals surface area contributed by atoms with Crippen LogP contribution in [0.4, 0.5) is 26.3 Å². The fraction of sp³-hybridized carbons (Fsp3) is 0.417. The molecule has 0 bridgehead atoms. The average Bonchev–Trinajstić information content (AvgIpc) is 2.33. The maximum absolute atomic E-state index is 12.6. The van der Waals surface area contributed by atoms with Crippen molar-refractivity contribution in [1.82, 2.24) is 0 Å². The number of benzene rings is 1.